The summed E-state index contributed by atoms with van der Waals surface area (Å²) in [5, 5.41) is 5.17. The van der Waals surface area contributed by atoms with Crippen LogP contribution in [0, 0.1) is 6.92 Å². The van der Waals surface area contributed by atoms with Gasteiger partial charge in [-0.25, -0.2) is 0 Å². The van der Waals surface area contributed by atoms with E-state index in [0.29, 0.717) is 17.4 Å². The van der Waals surface area contributed by atoms with Gasteiger partial charge in [0, 0.05) is 5.39 Å². The lowest BCUT2D eigenvalue weighted by Gasteiger charge is -2.01. The molecule has 3 aromatic rings. The number of nitrogens with zero attached hydrogens (tertiary/aromatic N) is 4. The molecule has 2 N–H and O–H groups in total. The average Bonchev–Trinajstić information content (AvgIpc) is 2.59. The third-order valence-electron chi connectivity index (χ3n) is 2.32. The zero-order valence-electron chi connectivity index (χ0n) is 8.18. The lowest BCUT2D eigenvalue weighted by atomic mass is 10.2. The maximum absolute atomic E-state index is 5.84. The molecule has 0 saturated heterocycles. The summed E-state index contributed by atoms with van der Waals surface area (Å²) in [7, 11) is 0. The molecule has 0 spiro atoms. The van der Waals surface area contributed by atoms with Gasteiger partial charge in [0.05, 0.1) is 5.52 Å². The molecule has 0 aliphatic carbocycles. The van der Waals surface area contributed by atoms with Crippen LogP contribution in [0.3, 0.4) is 0 Å². The molecular weight excluding hydrogens is 190 g/mol. The highest BCUT2D eigenvalue weighted by Crippen LogP contribution is 2.19. The van der Waals surface area contributed by atoms with E-state index >= 15 is 0 Å². The molecule has 5 heteroatoms. The number of anilines is 1. The fraction of sp³-hybridized carbons (Fsp3) is 0.100. The third kappa shape index (κ3) is 1.06. The highest BCUT2D eigenvalue weighted by molar-refractivity contribution is 5.89. The van der Waals surface area contributed by atoms with Gasteiger partial charge in [-0.2, -0.15) is 14.5 Å². The molecule has 3 rings (SSSR count). The minimum absolute atomic E-state index is 0.491. The molecule has 2 aromatic heterocycles. The van der Waals surface area contributed by atoms with E-state index in [1.54, 1.807) is 4.52 Å². The lowest BCUT2D eigenvalue weighted by Crippen LogP contribution is -1.99. The second-order valence-corrected chi connectivity index (χ2v) is 3.39. The van der Waals surface area contributed by atoms with Crippen molar-refractivity contribution >= 4 is 22.5 Å². The smallest absolute Gasteiger partial charge is 0.254 e. The fourth-order valence-corrected chi connectivity index (χ4v) is 1.68. The lowest BCUT2D eigenvalue weighted by molar-refractivity contribution is 0.955. The molecule has 0 bridgehead atoms. The molecule has 0 aliphatic heterocycles. The standard InChI is InChI=1S/C10H9N5/c1-6-12-10-13-9(11)7-4-2-3-5-8(7)15(10)14-6/h2-5H,1H3,(H2,11,12,13,14). The van der Waals surface area contributed by atoms with Crippen molar-refractivity contribution in [3.05, 3.63) is 30.1 Å². The normalized spacial score (nSPS) is 11.3. The molecule has 74 valence electrons. The van der Waals surface area contributed by atoms with E-state index in [0.717, 1.165) is 10.9 Å². The second-order valence-electron chi connectivity index (χ2n) is 3.39. The van der Waals surface area contributed by atoms with E-state index < -0.39 is 0 Å². The predicted octanol–water partition coefficient (Wildman–Crippen LogP) is 1.17. The van der Waals surface area contributed by atoms with E-state index in [1.165, 1.54) is 0 Å². The Balaban J connectivity index is 2.62. The van der Waals surface area contributed by atoms with E-state index in [2.05, 4.69) is 15.1 Å². The first-order chi connectivity index (χ1) is 7.25. The Hall–Kier alpha value is -2.17. The highest BCUT2D eigenvalue weighted by atomic mass is 15.3. The number of benzene rings is 1. The van der Waals surface area contributed by atoms with Crippen molar-refractivity contribution in [3.8, 4) is 0 Å². The Morgan fingerprint density at radius 2 is 2.00 bits per heavy atom. The van der Waals surface area contributed by atoms with Gasteiger partial charge in [0.25, 0.3) is 5.78 Å². The van der Waals surface area contributed by atoms with E-state index in [-0.39, 0.29) is 0 Å². The second kappa shape index (κ2) is 2.66. The Bertz CT molecular complexity index is 655. The van der Waals surface area contributed by atoms with Crippen LogP contribution in [-0.4, -0.2) is 19.6 Å². The van der Waals surface area contributed by atoms with Crippen LogP contribution in [-0.2, 0) is 0 Å². The Morgan fingerprint density at radius 1 is 1.20 bits per heavy atom. The van der Waals surface area contributed by atoms with Gasteiger partial charge >= 0.3 is 0 Å². The molecule has 5 nitrogen and oxygen atoms in total. The fourth-order valence-electron chi connectivity index (χ4n) is 1.68. The van der Waals surface area contributed by atoms with Crippen LogP contribution < -0.4 is 5.73 Å². The van der Waals surface area contributed by atoms with Gasteiger partial charge in [0.15, 0.2) is 0 Å². The van der Waals surface area contributed by atoms with Crippen LogP contribution in [0.2, 0.25) is 0 Å². The molecule has 0 saturated carbocycles. The summed E-state index contributed by atoms with van der Waals surface area (Å²) < 4.78 is 1.71. The Morgan fingerprint density at radius 3 is 2.87 bits per heavy atom. The summed E-state index contributed by atoms with van der Waals surface area (Å²) >= 11 is 0. The van der Waals surface area contributed by atoms with Gasteiger partial charge in [-0.3, -0.25) is 0 Å². The number of fused-ring (bicyclic) bond motifs is 3. The van der Waals surface area contributed by atoms with Crippen LogP contribution in [0.4, 0.5) is 5.82 Å². The van der Waals surface area contributed by atoms with Gasteiger partial charge in [-0.15, -0.1) is 5.10 Å². The SMILES string of the molecule is Cc1nc2nc(N)c3ccccc3n2n1. The van der Waals surface area contributed by atoms with E-state index in [1.807, 2.05) is 31.2 Å². The number of hydrogen-bond donors (Lipinski definition) is 1. The third-order valence-corrected chi connectivity index (χ3v) is 2.32. The largest absolute Gasteiger partial charge is 0.383 e. The van der Waals surface area contributed by atoms with Crippen LogP contribution in [0.25, 0.3) is 16.7 Å². The van der Waals surface area contributed by atoms with Crippen molar-refractivity contribution in [1.82, 2.24) is 19.6 Å². The number of nitrogen functional groups attached to an aromatic ring is 1. The monoisotopic (exact) mass is 199 g/mol. The minimum Gasteiger partial charge on any atom is -0.383 e. The minimum atomic E-state index is 0.491. The van der Waals surface area contributed by atoms with Crippen molar-refractivity contribution in [1.29, 1.82) is 0 Å². The first kappa shape index (κ1) is 8.16. The first-order valence-electron chi connectivity index (χ1n) is 4.63. The Labute approximate surface area is 85.6 Å². The quantitative estimate of drug-likeness (QED) is 0.590. The molecule has 0 atom stereocenters. The molecular formula is C10H9N5. The maximum atomic E-state index is 5.84. The predicted molar refractivity (Wildman–Crippen MR) is 57.4 cm³/mol. The zero-order valence-corrected chi connectivity index (χ0v) is 8.18. The molecule has 1 aromatic carbocycles. The molecule has 0 unspecified atom stereocenters. The van der Waals surface area contributed by atoms with Crippen molar-refractivity contribution in [3.63, 3.8) is 0 Å². The van der Waals surface area contributed by atoms with Crippen molar-refractivity contribution in [2.45, 2.75) is 6.92 Å². The maximum Gasteiger partial charge on any atom is 0.254 e. The van der Waals surface area contributed by atoms with Crippen molar-refractivity contribution in [2.75, 3.05) is 5.73 Å². The molecule has 0 aliphatic rings. The summed E-state index contributed by atoms with van der Waals surface area (Å²) in [6, 6.07) is 7.75. The first-order valence-corrected chi connectivity index (χ1v) is 4.63. The van der Waals surface area contributed by atoms with E-state index in [4.69, 9.17) is 5.73 Å². The van der Waals surface area contributed by atoms with Gasteiger partial charge in [-0.05, 0) is 19.1 Å². The molecule has 0 amide bonds. The van der Waals surface area contributed by atoms with Crippen LogP contribution in [0.15, 0.2) is 24.3 Å². The zero-order chi connectivity index (χ0) is 10.4. The topological polar surface area (TPSA) is 69.1 Å². The van der Waals surface area contributed by atoms with Gasteiger partial charge in [0.2, 0.25) is 0 Å². The average molecular weight is 199 g/mol. The van der Waals surface area contributed by atoms with Crippen LogP contribution >= 0.6 is 0 Å². The van der Waals surface area contributed by atoms with Crippen LogP contribution in [0.5, 0.6) is 0 Å². The van der Waals surface area contributed by atoms with Gasteiger partial charge < -0.3 is 5.73 Å². The summed E-state index contributed by atoms with van der Waals surface area (Å²) in [6.07, 6.45) is 0. The number of hydrogen-bond acceptors (Lipinski definition) is 4. The Kier molecular flexibility index (Phi) is 1.45. The number of aryl methyl sites for hydroxylation is 1. The summed E-state index contributed by atoms with van der Waals surface area (Å²) in [6.45, 7) is 1.83. The summed E-state index contributed by atoms with van der Waals surface area (Å²) in [5.74, 6) is 1.73. The number of aromatic nitrogens is 4. The van der Waals surface area contributed by atoms with Crippen molar-refractivity contribution < 1.29 is 0 Å². The number of para-hydroxylation sites is 1. The molecule has 0 radical (unpaired) electrons. The van der Waals surface area contributed by atoms with Gasteiger partial charge in [0.1, 0.15) is 11.6 Å². The molecule has 15 heavy (non-hydrogen) atoms. The summed E-state index contributed by atoms with van der Waals surface area (Å²) in [5.41, 5.74) is 6.77. The van der Waals surface area contributed by atoms with Crippen molar-refractivity contribution in [2.24, 2.45) is 0 Å². The van der Waals surface area contributed by atoms with Gasteiger partial charge in [-0.1, -0.05) is 12.1 Å². The highest BCUT2D eigenvalue weighted by Gasteiger charge is 2.07. The molecule has 0 fully saturated rings. The molecule has 2 heterocycles. The van der Waals surface area contributed by atoms with E-state index in [9.17, 15) is 0 Å². The van der Waals surface area contributed by atoms with Crippen LogP contribution in [0.1, 0.15) is 5.82 Å². The summed E-state index contributed by atoms with van der Waals surface area (Å²) in [4.78, 5) is 8.38. The number of nitrogens with two attached hydrogens (primary N) is 1. The number of rotatable bonds is 0.